The van der Waals surface area contributed by atoms with Crippen molar-refractivity contribution in [1.82, 2.24) is 0 Å². The number of hydrogen-bond donors (Lipinski definition) is 2. The van der Waals surface area contributed by atoms with E-state index in [4.69, 9.17) is 9.84 Å². The average molecular weight is 206 g/mol. The molecule has 0 radical (unpaired) electrons. The van der Waals surface area contributed by atoms with Gasteiger partial charge in [-0.05, 0) is 13.8 Å². The molecule has 1 atom stereocenters. The Hall–Kier alpha value is -1.14. The Labute approximate surface area is 81.4 Å². The maximum atomic E-state index is 11.0. The molecule has 0 aromatic rings. The molecule has 6 heteroatoms. The Morgan fingerprint density at radius 1 is 1.43 bits per heavy atom. The van der Waals surface area contributed by atoms with Gasteiger partial charge in [-0.2, -0.15) is 0 Å². The molecule has 0 saturated carbocycles. The molecule has 82 valence electrons. The minimum absolute atomic E-state index is 0.545. The topological polar surface area (TPSA) is 93.1 Å². The van der Waals surface area contributed by atoms with Gasteiger partial charge in [0.15, 0.2) is 11.9 Å². The largest absolute Gasteiger partial charge is 0.481 e. The monoisotopic (exact) mass is 206 g/mol. The van der Waals surface area contributed by atoms with Crippen LogP contribution in [0.1, 0.15) is 20.3 Å². The van der Waals surface area contributed by atoms with E-state index in [0.717, 1.165) is 7.11 Å². The van der Waals surface area contributed by atoms with E-state index in [1.54, 1.807) is 0 Å². The van der Waals surface area contributed by atoms with Gasteiger partial charge in [0, 0.05) is 0 Å². The van der Waals surface area contributed by atoms with E-state index in [-0.39, 0.29) is 0 Å². The number of hydrogen-bond acceptors (Lipinski definition) is 5. The van der Waals surface area contributed by atoms with Crippen molar-refractivity contribution in [2.75, 3.05) is 7.11 Å². The normalized spacial score (nSPS) is 13.4. The van der Waals surface area contributed by atoms with Crippen LogP contribution in [-0.2, 0) is 19.1 Å². The molecule has 0 aromatic carbocycles. The second-order valence-corrected chi connectivity index (χ2v) is 3.17. The fourth-order valence-electron chi connectivity index (χ4n) is 0.811. The highest BCUT2D eigenvalue weighted by molar-refractivity contribution is 5.80. The predicted molar refractivity (Wildman–Crippen MR) is 45.4 cm³/mol. The highest BCUT2D eigenvalue weighted by Crippen LogP contribution is 2.11. The molecule has 0 aliphatic carbocycles. The smallest absolute Gasteiger partial charge is 0.335 e. The molecule has 0 rings (SSSR count). The summed E-state index contributed by atoms with van der Waals surface area (Å²) in [7, 11) is 1.12. The Balaban J connectivity index is 4.40. The number of aliphatic hydroxyl groups is 1. The molecule has 0 aliphatic heterocycles. The second-order valence-electron chi connectivity index (χ2n) is 3.17. The van der Waals surface area contributed by atoms with Crippen molar-refractivity contribution >= 4 is 11.9 Å². The summed E-state index contributed by atoms with van der Waals surface area (Å²) in [6.07, 6.45) is -1.84. The summed E-state index contributed by atoms with van der Waals surface area (Å²) in [5.74, 6) is -3.60. The zero-order valence-electron chi connectivity index (χ0n) is 8.31. The molecule has 0 heterocycles. The first-order valence-corrected chi connectivity index (χ1v) is 3.96. The lowest BCUT2D eigenvalue weighted by molar-refractivity contribution is -0.218. The van der Waals surface area contributed by atoms with Gasteiger partial charge in [0.2, 0.25) is 0 Å². The van der Waals surface area contributed by atoms with Crippen LogP contribution >= 0.6 is 0 Å². The van der Waals surface area contributed by atoms with Crippen molar-refractivity contribution in [2.45, 2.75) is 32.2 Å². The molecule has 6 nitrogen and oxygen atoms in total. The van der Waals surface area contributed by atoms with Crippen LogP contribution in [0.25, 0.3) is 0 Å². The van der Waals surface area contributed by atoms with E-state index in [1.807, 2.05) is 0 Å². The van der Waals surface area contributed by atoms with Crippen LogP contribution in [0.15, 0.2) is 0 Å². The van der Waals surface area contributed by atoms with Crippen molar-refractivity contribution in [1.29, 1.82) is 0 Å². The number of methoxy groups -OCH3 is 1. The fourth-order valence-corrected chi connectivity index (χ4v) is 0.811. The van der Waals surface area contributed by atoms with Crippen LogP contribution in [0.3, 0.4) is 0 Å². The first-order valence-electron chi connectivity index (χ1n) is 3.96. The van der Waals surface area contributed by atoms with Crippen molar-refractivity contribution < 1.29 is 29.3 Å². The number of carboxylic acids is 1. The third kappa shape index (κ3) is 5.50. The molecule has 0 unspecified atom stereocenters. The summed E-state index contributed by atoms with van der Waals surface area (Å²) >= 11 is 0. The summed E-state index contributed by atoms with van der Waals surface area (Å²) < 4.78 is 9.12. The van der Waals surface area contributed by atoms with Crippen molar-refractivity contribution in [3.63, 3.8) is 0 Å². The van der Waals surface area contributed by atoms with Gasteiger partial charge in [-0.15, -0.1) is 0 Å². The number of rotatable bonds is 5. The predicted octanol–water partition coefficient (Wildman–Crippen LogP) is -0.252. The summed E-state index contributed by atoms with van der Waals surface area (Å²) in [5.41, 5.74) is 0. The Morgan fingerprint density at radius 2 is 1.93 bits per heavy atom. The quantitative estimate of drug-likeness (QED) is 0.476. The van der Waals surface area contributed by atoms with E-state index >= 15 is 0 Å². The van der Waals surface area contributed by atoms with Gasteiger partial charge in [0.05, 0.1) is 13.5 Å². The van der Waals surface area contributed by atoms with Gasteiger partial charge >= 0.3 is 11.9 Å². The highest BCUT2D eigenvalue weighted by Gasteiger charge is 2.29. The number of carbonyl (C=O) groups excluding carboxylic acids is 1. The van der Waals surface area contributed by atoms with Gasteiger partial charge in [0.1, 0.15) is 0 Å². The van der Waals surface area contributed by atoms with Crippen LogP contribution in [0, 0.1) is 0 Å². The molecule has 0 amide bonds. The number of aliphatic carboxylic acids is 1. The fraction of sp³-hybridized carbons (Fsp3) is 0.750. The molecule has 0 fully saturated rings. The Morgan fingerprint density at radius 3 is 2.21 bits per heavy atom. The molecular weight excluding hydrogens is 192 g/mol. The minimum atomic E-state index is -1.58. The summed E-state index contributed by atoms with van der Waals surface area (Å²) in [5, 5.41) is 17.7. The van der Waals surface area contributed by atoms with E-state index in [1.165, 1.54) is 13.8 Å². The maximum Gasteiger partial charge on any atom is 0.335 e. The van der Waals surface area contributed by atoms with Gasteiger partial charge in [0.25, 0.3) is 0 Å². The molecule has 2 N–H and O–H groups in total. The van der Waals surface area contributed by atoms with Gasteiger partial charge in [-0.3, -0.25) is 4.79 Å². The van der Waals surface area contributed by atoms with Crippen molar-refractivity contribution in [3.8, 4) is 0 Å². The van der Waals surface area contributed by atoms with Crippen LogP contribution in [0.5, 0.6) is 0 Å². The number of carboxylic acid groups (broad SMARTS) is 1. The summed E-state index contributed by atoms with van der Waals surface area (Å²) in [6.45, 7) is 2.59. The van der Waals surface area contributed by atoms with Gasteiger partial charge < -0.3 is 19.7 Å². The molecule has 0 spiro atoms. The van der Waals surface area contributed by atoms with Crippen molar-refractivity contribution in [3.05, 3.63) is 0 Å². The van der Waals surface area contributed by atoms with Crippen LogP contribution in [0.2, 0.25) is 0 Å². The molecule has 0 bridgehead atoms. The highest BCUT2D eigenvalue weighted by atomic mass is 16.6. The van der Waals surface area contributed by atoms with Crippen LogP contribution in [0.4, 0.5) is 0 Å². The third-order valence-electron chi connectivity index (χ3n) is 1.25. The van der Waals surface area contributed by atoms with E-state index < -0.39 is 30.3 Å². The van der Waals surface area contributed by atoms with E-state index in [0.29, 0.717) is 0 Å². The van der Waals surface area contributed by atoms with Crippen LogP contribution < -0.4 is 0 Å². The lowest BCUT2D eigenvalue weighted by atomic mass is 10.2. The third-order valence-corrected chi connectivity index (χ3v) is 1.25. The van der Waals surface area contributed by atoms with Gasteiger partial charge in [-0.25, -0.2) is 4.79 Å². The number of ether oxygens (including phenoxy) is 2. The summed E-state index contributed by atoms with van der Waals surface area (Å²) in [4.78, 5) is 21.4. The summed E-state index contributed by atoms with van der Waals surface area (Å²) in [6, 6.07) is 0. The molecule has 0 aliphatic rings. The standard InChI is InChI=1S/C8H14O6/c1-8(2,12)14-5(4-6(9)10)7(11)13-3/h5,12H,4H2,1-3H3,(H,9,10)/t5-/m1/s1. The lowest BCUT2D eigenvalue weighted by Crippen LogP contribution is -2.37. The zero-order valence-corrected chi connectivity index (χ0v) is 8.31. The average Bonchev–Trinajstić information content (AvgIpc) is 1.98. The minimum Gasteiger partial charge on any atom is -0.481 e. The Bertz CT molecular complexity index is 216. The second kappa shape index (κ2) is 4.92. The SMILES string of the molecule is COC(=O)[C@@H](CC(=O)O)OC(C)(C)O. The molecular formula is C8H14O6. The van der Waals surface area contributed by atoms with E-state index in [9.17, 15) is 14.7 Å². The number of carbonyl (C=O) groups is 2. The molecule has 14 heavy (non-hydrogen) atoms. The zero-order chi connectivity index (χ0) is 11.4. The molecule has 0 saturated heterocycles. The van der Waals surface area contributed by atoms with E-state index in [2.05, 4.69) is 4.74 Å². The first-order chi connectivity index (χ1) is 6.26. The Kier molecular flexibility index (Phi) is 4.52. The first kappa shape index (κ1) is 12.9. The molecule has 0 aromatic heterocycles. The number of esters is 1. The van der Waals surface area contributed by atoms with Gasteiger partial charge in [-0.1, -0.05) is 0 Å². The van der Waals surface area contributed by atoms with Crippen molar-refractivity contribution in [2.24, 2.45) is 0 Å². The maximum absolute atomic E-state index is 11.0. The lowest BCUT2D eigenvalue weighted by Gasteiger charge is -2.23. The van der Waals surface area contributed by atoms with Crippen LogP contribution in [-0.4, -0.2) is 41.2 Å².